The molecule has 0 aromatic heterocycles. The average Bonchev–Trinajstić information content (AvgIpc) is 2.77. The van der Waals surface area contributed by atoms with Crippen molar-refractivity contribution in [3.8, 4) is 5.75 Å². The Morgan fingerprint density at radius 1 is 0.967 bits per heavy atom. The summed E-state index contributed by atoms with van der Waals surface area (Å²) in [5.74, 6) is 0.484. The van der Waals surface area contributed by atoms with Gasteiger partial charge in [0.2, 0.25) is 5.91 Å². The van der Waals surface area contributed by atoms with Gasteiger partial charge in [-0.15, -0.1) is 0 Å². The van der Waals surface area contributed by atoms with Crippen molar-refractivity contribution in [3.63, 3.8) is 0 Å². The summed E-state index contributed by atoms with van der Waals surface area (Å²) in [5.41, 5.74) is 1.34. The first kappa shape index (κ1) is 21.6. The number of rotatable bonds is 6. The molecular formula is C23H28FN3O3. The monoisotopic (exact) mass is 413 g/mol. The van der Waals surface area contributed by atoms with Gasteiger partial charge < -0.3 is 20.3 Å². The van der Waals surface area contributed by atoms with Gasteiger partial charge in [0.25, 0.3) is 0 Å². The fourth-order valence-electron chi connectivity index (χ4n) is 3.46. The van der Waals surface area contributed by atoms with E-state index in [-0.39, 0.29) is 17.8 Å². The summed E-state index contributed by atoms with van der Waals surface area (Å²) >= 11 is 0. The highest BCUT2D eigenvalue weighted by atomic mass is 19.1. The van der Waals surface area contributed by atoms with Gasteiger partial charge in [-0.25, -0.2) is 9.18 Å². The number of hydrogen-bond acceptors (Lipinski definition) is 3. The van der Waals surface area contributed by atoms with E-state index >= 15 is 0 Å². The number of halogens is 1. The SMILES string of the molecule is COc1ccc(CNC(=O)C2(C)CCN(C(=O)NCc3ccc(F)cc3)CC2)cc1. The van der Waals surface area contributed by atoms with Crippen molar-refractivity contribution in [2.45, 2.75) is 32.9 Å². The third kappa shape index (κ3) is 5.49. The average molecular weight is 413 g/mol. The number of carbonyl (C=O) groups excluding carboxylic acids is 2. The molecule has 1 aliphatic rings. The predicted molar refractivity (Wildman–Crippen MR) is 112 cm³/mol. The molecule has 1 aliphatic heterocycles. The normalized spacial score (nSPS) is 15.4. The lowest BCUT2D eigenvalue weighted by molar-refractivity contribution is -0.132. The quantitative estimate of drug-likeness (QED) is 0.762. The summed E-state index contributed by atoms with van der Waals surface area (Å²) in [4.78, 5) is 26.9. The molecule has 0 bridgehead atoms. The van der Waals surface area contributed by atoms with E-state index in [1.165, 1.54) is 12.1 Å². The van der Waals surface area contributed by atoms with Gasteiger partial charge in [-0.05, 0) is 48.2 Å². The molecule has 6 nitrogen and oxygen atoms in total. The molecule has 1 saturated heterocycles. The van der Waals surface area contributed by atoms with E-state index < -0.39 is 5.41 Å². The van der Waals surface area contributed by atoms with Crippen LogP contribution in [-0.2, 0) is 17.9 Å². The van der Waals surface area contributed by atoms with Gasteiger partial charge in [0.15, 0.2) is 0 Å². The van der Waals surface area contributed by atoms with Gasteiger partial charge in [0.05, 0.1) is 7.11 Å². The van der Waals surface area contributed by atoms with Crippen molar-refractivity contribution in [1.82, 2.24) is 15.5 Å². The largest absolute Gasteiger partial charge is 0.497 e. The zero-order chi connectivity index (χ0) is 21.6. The van der Waals surface area contributed by atoms with Gasteiger partial charge in [-0.1, -0.05) is 31.2 Å². The molecule has 0 unspecified atom stereocenters. The lowest BCUT2D eigenvalue weighted by Crippen LogP contribution is -2.50. The second-order valence-corrected chi connectivity index (χ2v) is 7.86. The minimum Gasteiger partial charge on any atom is -0.497 e. The van der Waals surface area contributed by atoms with Crippen LogP contribution in [0.2, 0.25) is 0 Å². The third-order valence-electron chi connectivity index (χ3n) is 5.67. The second kappa shape index (κ2) is 9.61. The molecule has 0 atom stereocenters. The van der Waals surface area contributed by atoms with Crippen LogP contribution in [0.25, 0.3) is 0 Å². The zero-order valence-electron chi connectivity index (χ0n) is 17.4. The molecule has 30 heavy (non-hydrogen) atoms. The van der Waals surface area contributed by atoms with Crippen LogP contribution < -0.4 is 15.4 Å². The minimum absolute atomic E-state index is 0.00434. The first-order chi connectivity index (χ1) is 14.4. The zero-order valence-corrected chi connectivity index (χ0v) is 17.4. The third-order valence-corrected chi connectivity index (χ3v) is 5.67. The number of nitrogens with zero attached hydrogens (tertiary/aromatic N) is 1. The van der Waals surface area contributed by atoms with E-state index in [0.29, 0.717) is 39.0 Å². The summed E-state index contributed by atoms with van der Waals surface area (Å²) < 4.78 is 18.1. The van der Waals surface area contributed by atoms with E-state index in [0.717, 1.165) is 16.9 Å². The van der Waals surface area contributed by atoms with E-state index in [9.17, 15) is 14.0 Å². The molecule has 0 saturated carbocycles. The predicted octanol–water partition coefficient (Wildman–Crippen LogP) is 3.46. The Balaban J connectivity index is 1.44. The van der Waals surface area contributed by atoms with Crippen LogP contribution in [0.5, 0.6) is 5.75 Å². The van der Waals surface area contributed by atoms with Crippen LogP contribution in [-0.4, -0.2) is 37.0 Å². The van der Waals surface area contributed by atoms with E-state index in [4.69, 9.17) is 4.74 Å². The summed E-state index contributed by atoms with van der Waals surface area (Å²) in [5, 5.41) is 5.87. The maximum Gasteiger partial charge on any atom is 0.317 e. The lowest BCUT2D eigenvalue weighted by Gasteiger charge is -2.38. The fourth-order valence-corrected chi connectivity index (χ4v) is 3.46. The van der Waals surface area contributed by atoms with Crippen LogP contribution in [0.1, 0.15) is 30.9 Å². The molecule has 0 aliphatic carbocycles. The number of nitrogens with one attached hydrogen (secondary N) is 2. The van der Waals surface area contributed by atoms with E-state index in [1.54, 1.807) is 24.1 Å². The van der Waals surface area contributed by atoms with Crippen LogP contribution in [0.4, 0.5) is 9.18 Å². The first-order valence-electron chi connectivity index (χ1n) is 10.1. The number of methoxy groups -OCH3 is 1. The van der Waals surface area contributed by atoms with Crippen molar-refractivity contribution in [3.05, 3.63) is 65.5 Å². The molecule has 2 N–H and O–H groups in total. The Hall–Kier alpha value is -3.09. The number of amides is 3. The Kier molecular flexibility index (Phi) is 6.92. The summed E-state index contributed by atoms with van der Waals surface area (Å²) in [6.45, 7) is 3.78. The standard InChI is InChI=1S/C23H28FN3O3/c1-23(21(28)25-15-18-5-9-20(30-2)10-6-18)11-13-27(14-12-23)22(29)26-16-17-3-7-19(24)8-4-17/h3-10H,11-16H2,1-2H3,(H,25,28)(H,26,29). The Labute approximate surface area is 176 Å². The van der Waals surface area contributed by atoms with Crippen molar-refractivity contribution in [2.24, 2.45) is 5.41 Å². The van der Waals surface area contributed by atoms with Gasteiger partial charge in [0, 0.05) is 31.6 Å². The highest BCUT2D eigenvalue weighted by Crippen LogP contribution is 2.31. The highest BCUT2D eigenvalue weighted by molar-refractivity contribution is 5.83. The molecule has 3 rings (SSSR count). The number of urea groups is 1. The molecule has 0 radical (unpaired) electrons. The summed E-state index contributed by atoms with van der Waals surface area (Å²) in [6, 6.07) is 13.5. The topological polar surface area (TPSA) is 70.7 Å². The Bertz CT molecular complexity index is 860. The van der Waals surface area contributed by atoms with Gasteiger partial charge in [-0.2, -0.15) is 0 Å². The van der Waals surface area contributed by atoms with Gasteiger partial charge >= 0.3 is 6.03 Å². The molecule has 1 heterocycles. The van der Waals surface area contributed by atoms with Gasteiger partial charge in [-0.3, -0.25) is 4.79 Å². The van der Waals surface area contributed by atoms with Crippen LogP contribution in [0.15, 0.2) is 48.5 Å². The number of piperidine rings is 1. The van der Waals surface area contributed by atoms with Crippen molar-refractivity contribution in [1.29, 1.82) is 0 Å². The highest BCUT2D eigenvalue weighted by Gasteiger charge is 2.37. The van der Waals surface area contributed by atoms with E-state index in [1.807, 2.05) is 31.2 Å². The number of likely N-dealkylation sites (tertiary alicyclic amines) is 1. The number of hydrogen-bond donors (Lipinski definition) is 2. The maximum absolute atomic E-state index is 13.0. The molecule has 2 aromatic carbocycles. The van der Waals surface area contributed by atoms with Crippen molar-refractivity contribution >= 4 is 11.9 Å². The molecule has 1 fully saturated rings. The van der Waals surface area contributed by atoms with Crippen molar-refractivity contribution < 1.29 is 18.7 Å². The number of carbonyl (C=O) groups is 2. The molecule has 7 heteroatoms. The van der Waals surface area contributed by atoms with Crippen molar-refractivity contribution in [2.75, 3.05) is 20.2 Å². The molecule has 160 valence electrons. The molecule has 2 aromatic rings. The number of ether oxygens (including phenoxy) is 1. The Morgan fingerprint density at radius 3 is 2.07 bits per heavy atom. The second-order valence-electron chi connectivity index (χ2n) is 7.86. The molecular weight excluding hydrogens is 385 g/mol. The lowest BCUT2D eigenvalue weighted by atomic mass is 9.79. The minimum atomic E-state index is -0.500. The smallest absolute Gasteiger partial charge is 0.317 e. The maximum atomic E-state index is 13.0. The summed E-state index contributed by atoms with van der Waals surface area (Å²) in [7, 11) is 1.62. The summed E-state index contributed by atoms with van der Waals surface area (Å²) in [6.07, 6.45) is 1.21. The van der Waals surface area contributed by atoms with Crippen LogP contribution >= 0.6 is 0 Å². The van der Waals surface area contributed by atoms with Gasteiger partial charge in [0.1, 0.15) is 11.6 Å². The molecule has 0 spiro atoms. The first-order valence-corrected chi connectivity index (χ1v) is 10.1. The van der Waals surface area contributed by atoms with Crippen LogP contribution in [0, 0.1) is 11.2 Å². The number of benzene rings is 2. The fraction of sp³-hybridized carbons (Fsp3) is 0.391. The van der Waals surface area contributed by atoms with E-state index in [2.05, 4.69) is 10.6 Å². The molecule has 3 amide bonds. The van der Waals surface area contributed by atoms with Crippen LogP contribution in [0.3, 0.4) is 0 Å². The Morgan fingerprint density at radius 2 is 1.50 bits per heavy atom.